The molecule has 1 fully saturated rings. The summed E-state index contributed by atoms with van der Waals surface area (Å²) in [4.78, 5) is 25.6. The van der Waals surface area contributed by atoms with Crippen LogP contribution in [0.3, 0.4) is 0 Å². The molecule has 1 amide bonds. The van der Waals surface area contributed by atoms with Crippen molar-refractivity contribution in [1.29, 1.82) is 0 Å². The summed E-state index contributed by atoms with van der Waals surface area (Å²) in [5, 5.41) is 0. The highest BCUT2D eigenvalue weighted by atomic mass is 16.5. The molecule has 18 heavy (non-hydrogen) atoms. The van der Waals surface area contributed by atoms with Crippen LogP contribution in [-0.2, 0) is 14.3 Å². The van der Waals surface area contributed by atoms with Gasteiger partial charge in [-0.1, -0.05) is 20.3 Å². The zero-order chi connectivity index (χ0) is 13.5. The molecule has 0 saturated carbocycles. The van der Waals surface area contributed by atoms with Gasteiger partial charge in [-0.15, -0.1) is 0 Å². The maximum atomic E-state index is 12.1. The quantitative estimate of drug-likeness (QED) is 0.708. The van der Waals surface area contributed by atoms with Gasteiger partial charge in [-0.05, 0) is 26.2 Å². The van der Waals surface area contributed by atoms with Gasteiger partial charge in [-0.25, -0.2) is 0 Å². The van der Waals surface area contributed by atoms with Crippen molar-refractivity contribution >= 4 is 11.9 Å². The number of amides is 1. The summed E-state index contributed by atoms with van der Waals surface area (Å²) in [6.07, 6.45) is 3.45. The molecule has 0 aromatic heterocycles. The molecule has 1 heterocycles. The number of carbonyl (C=O) groups is 2. The van der Waals surface area contributed by atoms with E-state index in [4.69, 9.17) is 4.74 Å². The molecule has 0 radical (unpaired) electrons. The van der Waals surface area contributed by atoms with Crippen LogP contribution >= 0.6 is 0 Å². The predicted molar refractivity (Wildman–Crippen MR) is 70.0 cm³/mol. The fourth-order valence-electron chi connectivity index (χ4n) is 2.46. The molecule has 4 heteroatoms. The number of ether oxygens (including phenoxy) is 1. The Bertz CT molecular complexity index is 283. The molecule has 4 nitrogen and oxygen atoms in total. The first-order valence-corrected chi connectivity index (χ1v) is 7.05. The van der Waals surface area contributed by atoms with Crippen LogP contribution in [0.5, 0.6) is 0 Å². The first kappa shape index (κ1) is 15.0. The van der Waals surface area contributed by atoms with E-state index in [1.807, 2.05) is 18.7 Å². The lowest BCUT2D eigenvalue weighted by Crippen LogP contribution is -2.42. The maximum Gasteiger partial charge on any atom is 0.309 e. The number of nitrogens with zero attached hydrogens (tertiary/aromatic N) is 1. The first-order chi connectivity index (χ1) is 8.60. The Morgan fingerprint density at radius 1 is 1.28 bits per heavy atom. The topological polar surface area (TPSA) is 46.6 Å². The summed E-state index contributed by atoms with van der Waals surface area (Å²) in [6.45, 7) is 7.72. The average Bonchev–Trinajstić information content (AvgIpc) is 2.38. The fourth-order valence-corrected chi connectivity index (χ4v) is 2.46. The highest BCUT2D eigenvalue weighted by Crippen LogP contribution is 2.21. The first-order valence-electron chi connectivity index (χ1n) is 7.05. The molecule has 104 valence electrons. The molecule has 1 unspecified atom stereocenters. The van der Waals surface area contributed by atoms with Crippen LogP contribution in [0.25, 0.3) is 0 Å². The summed E-state index contributed by atoms with van der Waals surface area (Å²) in [6, 6.07) is 0. The Hall–Kier alpha value is -1.06. The van der Waals surface area contributed by atoms with Crippen LogP contribution in [0.15, 0.2) is 0 Å². The molecule has 0 bridgehead atoms. The average molecular weight is 255 g/mol. The number of hydrogen-bond donors (Lipinski definition) is 0. The molecule has 0 aromatic rings. The highest BCUT2D eigenvalue weighted by molar-refractivity contribution is 5.79. The molecule has 1 aliphatic heterocycles. The van der Waals surface area contributed by atoms with Crippen LogP contribution in [0, 0.1) is 11.8 Å². The lowest BCUT2D eigenvalue weighted by Gasteiger charge is -2.32. The molecule has 1 saturated heterocycles. The van der Waals surface area contributed by atoms with E-state index in [1.54, 1.807) is 0 Å². The number of piperidine rings is 1. The van der Waals surface area contributed by atoms with E-state index in [0.717, 1.165) is 25.7 Å². The maximum absolute atomic E-state index is 12.1. The highest BCUT2D eigenvalue weighted by Gasteiger charge is 2.29. The molecule has 0 aromatic carbocycles. The summed E-state index contributed by atoms with van der Waals surface area (Å²) in [5.74, 6) is 0.218. The van der Waals surface area contributed by atoms with E-state index in [0.29, 0.717) is 19.7 Å². The van der Waals surface area contributed by atoms with Crippen molar-refractivity contribution in [3.05, 3.63) is 0 Å². The summed E-state index contributed by atoms with van der Waals surface area (Å²) in [5.41, 5.74) is 0. The van der Waals surface area contributed by atoms with Crippen molar-refractivity contribution < 1.29 is 14.3 Å². The minimum absolute atomic E-state index is 0.0181. The SMILES string of the molecule is CCCC(C)C(=O)N1CCC(C(=O)OCC)CC1. The molecule has 0 aliphatic carbocycles. The number of esters is 1. The van der Waals surface area contributed by atoms with E-state index in [9.17, 15) is 9.59 Å². The van der Waals surface area contributed by atoms with Crippen molar-refractivity contribution in [2.75, 3.05) is 19.7 Å². The molecule has 1 aliphatic rings. The fraction of sp³-hybridized carbons (Fsp3) is 0.857. The number of carbonyl (C=O) groups excluding carboxylic acids is 2. The Morgan fingerprint density at radius 3 is 2.39 bits per heavy atom. The van der Waals surface area contributed by atoms with Gasteiger partial charge >= 0.3 is 5.97 Å². The van der Waals surface area contributed by atoms with E-state index >= 15 is 0 Å². The van der Waals surface area contributed by atoms with E-state index in [-0.39, 0.29) is 23.7 Å². The third-order valence-corrected chi connectivity index (χ3v) is 3.57. The van der Waals surface area contributed by atoms with Crippen molar-refractivity contribution in [1.82, 2.24) is 4.90 Å². The largest absolute Gasteiger partial charge is 0.466 e. The Labute approximate surface area is 110 Å². The van der Waals surface area contributed by atoms with E-state index < -0.39 is 0 Å². The third kappa shape index (κ3) is 4.00. The second-order valence-electron chi connectivity index (χ2n) is 5.04. The summed E-state index contributed by atoms with van der Waals surface area (Å²) < 4.78 is 5.02. The Kier molecular flexibility index (Phi) is 6.16. The van der Waals surface area contributed by atoms with Crippen LogP contribution in [0.2, 0.25) is 0 Å². The van der Waals surface area contributed by atoms with Crippen LogP contribution in [0.1, 0.15) is 46.5 Å². The van der Waals surface area contributed by atoms with Gasteiger partial charge in [0.15, 0.2) is 0 Å². The normalized spacial score (nSPS) is 18.5. The second kappa shape index (κ2) is 7.39. The minimum Gasteiger partial charge on any atom is -0.466 e. The van der Waals surface area contributed by atoms with Gasteiger partial charge in [0.25, 0.3) is 0 Å². The molecular formula is C14H25NO3. The lowest BCUT2D eigenvalue weighted by atomic mass is 9.95. The van der Waals surface area contributed by atoms with E-state index in [1.165, 1.54) is 0 Å². The van der Waals surface area contributed by atoms with Gasteiger partial charge in [0.1, 0.15) is 0 Å². The molecular weight excluding hydrogens is 230 g/mol. The number of likely N-dealkylation sites (tertiary alicyclic amines) is 1. The van der Waals surface area contributed by atoms with Crippen LogP contribution < -0.4 is 0 Å². The third-order valence-electron chi connectivity index (χ3n) is 3.57. The van der Waals surface area contributed by atoms with Gasteiger partial charge in [-0.3, -0.25) is 9.59 Å². The Balaban J connectivity index is 2.39. The van der Waals surface area contributed by atoms with E-state index in [2.05, 4.69) is 6.92 Å². The Morgan fingerprint density at radius 2 is 1.89 bits per heavy atom. The van der Waals surface area contributed by atoms with Gasteiger partial charge < -0.3 is 9.64 Å². The minimum atomic E-state index is -0.105. The van der Waals surface area contributed by atoms with Gasteiger partial charge in [0, 0.05) is 19.0 Å². The van der Waals surface area contributed by atoms with Crippen molar-refractivity contribution in [3.63, 3.8) is 0 Å². The lowest BCUT2D eigenvalue weighted by molar-refractivity contribution is -0.151. The van der Waals surface area contributed by atoms with Crippen LogP contribution in [-0.4, -0.2) is 36.5 Å². The monoisotopic (exact) mass is 255 g/mol. The standard InChI is InChI=1S/C14H25NO3/c1-4-6-11(3)13(16)15-9-7-12(8-10-15)14(17)18-5-2/h11-12H,4-10H2,1-3H3. The van der Waals surface area contributed by atoms with Gasteiger partial charge in [0.2, 0.25) is 5.91 Å². The second-order valence-corrected chi connectivity index (χ2v) is 5.04. The summed E-state index contributed by atoms with van der Waals surface area (Å²) in [7, 11) is 0. The van der Waals surface area contributed by atoms with Crippen LogP contribution in [0.4, 0.5) is 0 Å². The van der Waals surface area contributed by atoms with Crippen molar-refractivity contribution in [2.24, 2.45) is 11.8 Å². The van der Waals surface area contributed by atoms with Gasteiger partial charge in [0.05, 0.1) is 12.5 Å². The van der Waals surface area contributed by atoms with Gasteiger partial charge in [-0.2, -0.15) is 0 Å². The van der Waals surface area contributed by atoms with Crippen molar-refractivity contribution in [2.45, 2.75) is 46.5 Å². The molecule has 0 spiro atoms. The molecule has 0 N–H and O–H groups in total. The molecule has 1 atom stereocenters. The smallest absolute Gasteiger partial charge is 0.309 e. The predicted octanol–water partition coefficient (Wildman–Crippen LogP) is 2.22. The summed E-state index contributed by atoms with van der Waals surface area (Å²) >= 11 is 0. The number of rotatable bonds is 5. The number of hydrogen-bond acceptors (Lipinski definition) is 3. The van der Waals surface area contributed by atoms with Crippen molar-refractivity contribution in [3.8, 4) is 0 Å². The zero-order valence-corrected chi connectivity index (χ0v) is 11.8. The zero-order valence-electron chi connectivity index (χ0n) is 11.8. The molecule has 1 rings (SSSR count).